The molecule has 106 valence electrons. The van der Waals surface area contributed by atoms with Crippen LogP contribution in [-0.2, 0) is 0 Å². The van der Waals surface area contributed by atoms with Crippen LogP contribution in [0.2, 0.25) is 0 Å². The van der Waals surface area contributed by atoms with E-state index in [1.54, 1.807) is 0 Å². The number of nitrogens with two attached hydrogens (primary N) is 1. The largest absolute Gasteiger partial charge is 0.508 e. The predicted molar refractivity (Wildman–Crippen MR) is 74.5 cm³/mol. The third kappa shape index (κ3) is 3.56. The third-order valence-corrected chi connectivity index (χ3v) is 3.46. The van der Waals surface area contributed by atoms with Crippen LogP contribution in [-0.4, -0.2) is 23.1 Å². The molecule has 1 aromatic rings. The van der Waals surface area contributed by atoms with E-state index in [2.05, 4.69) is 5.32 Å². The molecule has 0 aliphatic carbocycles. The summed E-state index contributed by atoms with van der Waals surface area (Å²) in [7, 11) is 0. The molecule has 7 heteroatoms. The van der Waals surface area contributed by atoms with Gasteiger partial charge in [0.15, 0.2) is 0 Å². The zero-order valence-corrected chi connectivity index (χ0v) is 11.2. The Bertz CT molecular complexity index is 450. The molecule has 1 aliphatic rings. The number of nitro benzene ring substituents is 1. The number of halogens is 1. The van der Waals surface area contributed by atoms with Crippen LogP contribution in [0.15, 0.2) is 18.2 Å². The van der Waals surface area contributed by atoms with E-state index in [-0.39, 0.29) is 29.8 Å². The normalized spacial score (nSPS) is 17.5. The van der Waals surface area contributed by atoms with Crippen molar-refractivity contribution in [2.75, 3.05) is 13.1 Å². The molecule has 4 N–H and O–H groups in total. The Morgan fingerprint density at radius 2 is 2.05 bits per heavy atom. The van der Waals surface area contributed by atoms with Gasteiger partial charge in [-0.15, -0.1) is 12.4 Å². The van der Waals surface area contributed by atoms with Crippen LogP contribution in [0.5, 0.6) is 5.75 Å². The Labute approximate surface area is 117 Å². The lowest BCUT2D eigenvalue weighted by Crippen LogP contribution is -2.34. The molecule has 0 amide bonds. The van der Waals surface area contributed by atoms with Crippen molar-refractivity contribution in [1.29, 1.82) is 0 Å². The summed E-state index contributed by atoms with van der Waals surface area (Å²) < 4.78 is 0. The average Bonchev–Trinajstić information content (AvgIpc) is 2.38. The Kier molecular flexibility index (Phi) is 5.53. The Hall–Kier alpha value is -1.37. The van der Waals surface area contributed by atoms with Gasteiger partial charge in [0.1, 0.15) is 5.75 Å². The molecule has 2 rings (SSSR count). The molecular weight excluding hydrogens is 270 g/mol. The minimum Gasteiger partial charge on any atom is -0.508 e. The maximum atomic E-state index is 11.0. The zero-order valence-electron chi connectivity index (χ0n) is 10.4. The maximum Gasteiger partial charge on any atom is 0.274 e. The molecular formula is C12H18ClN3O3. The molecule has 19 heavy (non-hydrogen) atoms. The third-order valence-electron chi connectivity index (χ3n) is 3.46. The molecule has 1 atom stereocenters. The minimum atomic E-state index is -0.449. The number of aromatic hydroxyl groups is 1. The summed E-state index contributed by atoms with van der Waals surface area (Å²) in [5.41, 5.74) is 6.54. The van der Waals surface area contributed by atoms with Crippen molar-refractivity contribution < 1.29 is 10.0 Å². The van der Waals surface area contributed by atoms with Crippen LogP contribution in [0.4, 0.5) is 5.69 Å². The second-order valence-corrected chi connectivity index (χ2v) is 4.61. The number of piperidine rings is 1. The van der Waals surface area contributed by atoms with E-state index in [0.29, 0.717) is 5.56 Å². The van der Waals surface area contributed by atoms with Crippen molar-refractivity contribution in [1.82, 2.24) is 5.32 Å². The second-order valence-electron chi connectivity index (χ2n) is 4.61. The SMILES string of the molecule is Cl.N[C@@H](c1cc(O)ccc1[N+](=O)[O-])C1CCNCC1. The van der Waals surface area contributed by atoms with Crippen molar-refractivity contribution >= 4 is 18.1 Å². The molecule has 0 radical (unpaired) electrons. The quantitative estimate of drug-likeness (QED) is 0.580. The molecule has 1 aliphatic heterocycles. The fourth-order valence-electron chi connectivity index (χ4n) is 2.43. The van der Waals surface area contributed by atoms with Gasteiger partial charge in [-0.1, -0.05) is 0 Å². The molecule has 0 bridgehead atoms. The zero-order chi connectivity index (χ0) is 13.1. The van der Waals surface area contributed by atoms with E-state index in [9.17, 15) is 15.2 Å². The second kappa shape index (κ2) is 6.70. The number of nitrogens with zero attached hydrogens (tertiary/aromatic N) is 1. The predicted octanol–water partition coefficient (Wildman–Crippen LogP) is 1.72. The van der Waals surface area contributed by atoms with Gasteiger partial charge in [-0.3, -0.25) is 10.1 Å². The highest BCUT2D eigenvalue weighted by Gasteiger charge is 2.27. The van der Waals surface area contributed by atoms with Gasteiger partial charge < -0.3 is 16.2 Å². The van der Waals surface area contributed by atoms with E-state index in [1.165, 1.54) is 18.2 Å². The smallest absolute Gasteiger partial charge is 0.274 e. The number of hydrogen-bond acceptors (Lipinski definition) is 5. The summed E-state index contributed by atoms with van der Waals surface area (Å²) in [6.07, 6.45) is 1.79. The van der Waals surface area contributed by atoms with Crippen molar-refractivity contribution in [2.45, 2.75) is 18.9 Å². The molecule has 1 heterocycles. The number of phenolic OH excluding ortho intramolecular Hbond substituents is 1. The van der Waals surface area contributed by atoms with Crippen molar-refractivity contribution in [3.8, 4) is 5.75 Å². The van der Waals surface area contributed by atoms with Gasteiger partial charge in [-0.25, -0.2) is 0 Å². The molecule has 1 aromatic carbocycles. The van der Waals surface area contributed by atoms with Crippen LogP contribution in [0, 0.1) is 16.0 Å². The van der Waals surface area contributed by atoms with Crippen molar-refractivity contribution in [3.05, 3.63) is 33.9 Å². The van der Waals surface area contributed by atoms with E-state index in [1.807, 2.05) is 0 Å². The molecule has 1 fully saturated rings. The van der Waals surface area contributed by atoms with Gasteiger partial charge in [0.25, 0.3) is 5.69 Å². The summed E-state index contributed by atoms with van der Waals surface area (Å²) in [4.78, 5) is 10.5. The lowest BCUT2D eigenvalue weighted by Gasteiger charge is -2.28. The molecule has 0 unspecified atom stereocenters. The fourth-order valence-corrected chi connectivity index (χ4v) is 2.43. The number of nitro groups is 1. The maximum absolute atomic E-state index is 11.0. The lowest BCUT2D eigenvalue weighted by molar-refractivity contribution is -0.385. The van der Waals surface area contributed by atoms with Crippen molar-refractivity contribution in [2.24, 2.45) is 11.7 Å². The molecule has 0 saturated carbocycles. The van der Waals surface area contributed by atoms with Crippen LogP contribution in [0.25, 0.3) is 0 Å². The van der Waals surface area contributed by atoms with Gasteiger partial charge in [0, 0.05) is 12.1 Å². The van der Waals surface area contributed by atoms with E-state index < -0.39 is 11.0 Å². The fraction of sp³-hybridized carbons (Fsp3) is 0.500. The first kappa shape index (κ1) is 15.7. The summed E-state index contributed by atoms with van der Waals surface area (Å²) in [6, 6.07) is 3.63. The highest BCUT2D eigenvalue weighted by Crippen LogP contribution is 2.34. The van der Waals surface area contributed by atoms with E-state index in [4.69, 9.17) is 5.73 Å². The topological polar surface area (TPSA) is 101 Å². The van der Waals surface area contributed by atoms with E-state index in [0.717, 1.165) is 25.9 Å². The average molecular weight is 288 g/mol. The highest BCUT2D eigenvalue weighted by molar-refractivity contribution is 5.85. The summed E-state index contributed by atoms with van der Waals surface area (Å²) in [6.45, 7) is 1.76. The van der Waals surface area contributed by atoms with Gasteiger partial charge in [0.05, 0.1) is 10.5 Å². The Morgan fingerprint density at radius 1 is 1.42 bits per heavy atom. The molecule has 0 aromatic heterocycles. The number of benzene rings is 1. The summed E-state index contributed by atoms with van der Waals surface area (Å²) >= 11 is 0. The first-order chi connectivity index (χ1) is 8.59. The molecule has 6 nitrogen and oxygen atoms in total. The Balaban J connectivity index is 0.00000180. The minimum absolute atomic E-state index is 0. The van der Waals surface area contributed by atoms with Gasteiger partial charge in [0.2, 0.25) is 0 Å². The van der Waals surface area contributed by atoms with Crippen LogP contribution < -0.4 is 11.1 Å². The summed E-state index contributed by atoms with van der Waals surface area (Å²) in [5, 5.41) is 23.7. The van der Waals surface area contributed by atoms with E-state index >= 15 is 0 Å². The Morgan fingerprint density at radius 3 is 2.63 bits per heavy atom. The highest BCUT2D eigenvalue weighted by atomic mass is 35.5. The van der Waals surface area contributed by atoms with Crippen LogP contribution >= 0.6 is 12.4 Å². The van der Waals surface area contributed by atoms with Crippen molar-refractivity contribution in [3.63, 3.8) is 0 Å². The lowest BCUT2D eigenvalue weighted by atomic mass is 9.86. The standard InChI is InChI=1S/C12H17N3O3.ClH/c13-12(8-3-5-14-6-4-8)10-7-9(16)1-2-11(10)15(17)18;/h1-2,7-8,12,14,16H,3-6,13H2;1H/t12-;/m1./s1. The molecule has 0 spiro atoms. The number of rotatable bonds is 3. The van der Waals surface area contributed by atoms with Gasteiger partial charge in [-0.05, 0) is 44.0 Å². The summed E-state index contributed by atoms with van der Waals surface area (Å²) in [5.74, 6) is 0.228. The van der Waals surface area contributed by atoms with Crippen LogP contribution in [0.3, 0.4) is 0 Å². The molecule has 1 saturated heterocycles. The first-order valence-electron chi connectivity index (χ1n) is 6.03. The monoisotopic (exact) mass is 287 g/mol. The van der Waals surface area contributed by atoms with Crippen LogP contribution in [0.1, 0.15) is 24.4 Å². The number of phenols is 1. The number of nitrogens with one attached hydrogen (secondary N) is 1. The van der Waals surface area contributed by atoms with Gasteiger partial charge in [-0.2, -0.15) is 0 Å². The first-order valence-corrected chi connectivity index (χ1v) is 6.03. The number of hydrogen-bond donors (Lipinski definition) is 3. The van der Waals surface area contributed by atoms with Gasteiger partial charge >= 0.3 is 0 Å².